The first-order valence-electron chi connectivity index (χ1n) is 7.74. The summed E-state index contributed by atoms with van der Waals surface area (Å²) in [5, 5.41) is 3.08. The molecule has 0 bridgehead atoms. The molecule has 2 fully saturated rings. The number of anilines is 1. The third-order valence-corrected chi connectivity index (χ3v) is 4.82. The lowest BCUT2D eigenvalue weighted by molar-refractivity contribution is 0.0391. The van der Waals surface area contributed by atoms with Crippen LogP contribution in [0, 0.1) is 5.92 Å². The van der Waals surface area contributed by atoms with Crippen LogP contribution in [0.4, 0.5) is 5.69 Å². The fourth-order valence-corrected chi connectivity index (χ4v) is 3.81. The Labute approximate surface area is 120 Å². The van der Waals surface area contributed by atoms with E-state index in [4.69, 9.17) is 0 Å². The summed E-state index contributed by atoms with van der Waals surface area (Å²) in [4.78, 5) is 19.1. The van der Waals surface area contributed by atoms with E-state index in [9.17, 15) is 4.79 Å². The van der Waals surface area contributed by atoms with Crippen molar-refractivity contribution in [1.82, 2.24) is 9.88 Å². The highest BCUT2D eigenvalue weighted by atomic mass is 16.2. The molecule has 1 N–H and O–H groups in total. The van der Waals surface area contributed by atoms with Gasteiger partial charge in [-0.15, -0.1) is 0 Å². The number of hydrogen-bond donors (Lipinski definition) is 1. The van der Waals surface area contributed by atoms with E-state index in [1.54, 1.807) is 12.4 Å². The zero-order valence-corrected chi connectivity index (χ0v) is 12.1. The van der Waals surface area contributed by atoms with Crippen molar-refractivity contribution < 1.29 is 4.79 Å². The number of carbonyl (C=O) groups excluding carboxylic acids is 1. The molecule has 2 aliphatic rings. The Morgan fingerprint density at radius 1 is 1.30 bits per heavy atom. The summed E-state index contributed by atoms with van der Waals surface area (Å²) in [7, 11) is 1.84. The number of carbonyl (C=O) groups is 1. The summed E-state index contributed by atoms with van der Waals surface area (Å²) in [5.74, 6) is 0.898. The molecule has 108 valence electrons. The lowest BCUT2D eigenvalue weighted by atomic mass is 9.78. The third kappa shape index (κ3) is 2.39. The van der Waals surface area contributed by atoms with Gasteiger partial charge in [-0.05, 0) is 37.7 Å². The number of nitrogens with zero attached hydrogens (tertiary/aromatic N) is 2. The Kier molecular flexibility index (Phi) is 3.90. The predicted molar refractivity (Wildman–Crippen MR) is 79.8 cm³/mol. The van der Waals surface area contributed by atoms with E-state index in [1.807, 2.05) is 13.1 Å². The molecule has 20 heavy (non-hydrogen) atoms. The number of nitrogens with one attached hydrogen (secondary N) is 1. The summed E-state index contributed by atoms with van der Waals surface area (Å²) in [6, 6.07) is 2.29. The van der Waals surface area contributed by atoms with Crippen molar-refractivity contribution in [1.29, 1.82) is 0 Å². The molecule has 4 nitrogen and oxygen atoms in total. The number of fused-ring (bicyclic) bond motifs is 1. The molecule has 0 spiro atoms. The minimum Gasteiger partial charge on any atom is -0.386 e. The fourth-order valence-electron chi connectivity index (χ4n) is 3.81. The van der Waals surface area contributed by atoms with Gasteiger partial charge in [-0.2, -0.15) is 0 Å². The number of rotatable bonds is 2. The van der Waals surface area contributed by atoms with E-state index in [0.717, 1.165) is 30.1 Å². The largest absolute Gasteiger partial charge is 0.386 e. The molecular formula is C16H23N3O. The second-order valence-electron chi connectivity index (χ2n) is 5.92. The van der Waals surface area contributed by atoms with Crippen molar-refractivity contribution in [2.24, 2.45) is 5.92 Å². The third-order valence-electron chi connectivity index (χ3n) is 4.82. The maximum Gasteiger partial charge on any atom is 0.256 e. The SMILES string of the molecule is CNc1cnccc1C(=O)N1CCCC2CCCCC21. The second kappa shape index (κ2) is 5.81. The van der Waals surface area contributed by atoms with Gasteiger partial charge in [0.05, 0.1) is 17.4 Å². The van der Waals surface area contributed by atoms with Crippen molar-refractivity contribution in [3.8, 4) is 0 Å². The molecular weight excluding hydrogens is 250 g/mol. The number of amides is 1. The minimum atomic E-state index is 0.174. The highest BCUT2D eigenvalue weighted by Crippen LogP contribution is 2.36. The molecule has 1 aliphatic heterocycles. The Hall–Kier alpha value is -1.58. The highest BCUT2D eigenvalue weighted by molar-refractivity contribution is 5.99. The van der Waals surface area contributed by atoms with Gasteiger partial charge in [0.1, 0.15) is 0 Å². The number of piperidine rings is 1. The van der Waals surface area contributed by atoms with Crippen LogP contribution in [-0.2, 0) is 0 Å². The molecule has 2 atom stereocenters. The van der Waals surface area contributed by atoms with E-state index in [-0.39, 0.29) is 5.91 Å². The van der Waals surface area contributed by atoms with Crippen molar-refractivity contribution in [2.75, 3.05) is 18.9 Å². The monoisotopic (exact) mass is 273 g/mol. The molecule has 1 aromatic heterocycles. The van der Waals surface area contributed by atoms with Gasteiger partial charge in [-0.1, -0.05) is 12.8 Å². The van der Waals surface area contributed by atoms with Crippen LogP contribution >= 0.6 is 0 Å². The molecule has 1 saturated heterocycles. The van der Waals surface area contributed by atoms with Crippen LogP contribution in [0.1, 0.15) is 48.9 Å². The summed E-state index contributed by atoms with van der Waals surface area (Å²) in [5.41, 5.74) is 1.59. The highest BCUT2D eigenvalue weighted by Gasteiger charge is 2.36. The molecule has 4 heteroatoms. The quantitative estimate of drug-likeness (QED) is 0.901. The first kappa shape index (κ1) is 13.4. The van der Waals surface area contributed by atoms with Gasteiger partial charge in [-0.25, -0.2) is 0 Å². The van der Waals surface area contributed by atoms with E-state index >= 15 is 0 Å². The second-order valence-corrected chi connectivity index (χ2v) is 5.92. The molecule has 2 unspecified atom stereocenters. The van der Waals surface area contributed by atoms with Gasteiger partial charge in [0.2, 0.25) is 0 Å². The molecule has 1 aliphatic carbocycles. The van der Waals surface area contributed by atoms with Crippen LogP contribution in [0.25, 0.3) is 0 Å². The molecule has 1 saturated carbocycles. The van der Waals surface area contributed by atoms with E-state index in [0.29, 0.717) is 6.04 Å². The zero-order chi connectivity index (χ0) is 13.9. The van der Waals surface area contributed by atoms with Crippen LogP contribution in [0.2, 0.25) is 0 Å². The Balaban J connectivity index is 1.85. The number of likely N-dealkylation sites (tertiary alicyclic amines) is 1. The van der Waals surface area contributed by atoms with Gasteiger partial charge in [0.25, 0.3) is 5.91 Å². The van der Waals surface area contributed by atoms with Crippen molar-refractivity contribution >= 4 is 11.6 Å². The van der Waals surface area contributed by atoms with Crippen LogP contribution in [0.15, 0.2) is 18.5 Å². The number of aromatic nitrogens is 1. The molecule has 2 heterocycles. The molecule has 3 rings (SSSR count). The van der Waals surface area contributed by atoms with Crippen LogP contribution in [0.3, 0.4) is 0 Å². The maximum atomic E-state index is 12.9. The zero-order valence-electron chi connectivity index (χ0n) is 12.1. The van der Waals surface area contributed by atoms with Crippen molar-refractivity contribution in [2.45, 2.75) is 44.6 Å². The standard InChI is InChI=1S/C16H23N3O/c1-17-14-11-18-9-8-13(14)16(20)19-10-4-6-12-5-2-3-7-15(12)19/h8-9,11-12,15,17H,2-7,10H2,1H3. The van der Waals surface area contributed by atoms with Crippen LogP contribution in [-0.4, -0.2) is 35.4 Å². The Morgan fingerprint density at radius 3 is 2.95 bits per heavy atom. The van der Waals surface area contributed by atoms with Crippen molar-refractivity contribution in [3.63, 3.8) is 0 Å². The van der Waals surface area contributed by atoms with E-state index in [1.165, 1.54) is 32.1 Å². The first-order valence-corrected chi connectivity index (χ1v) is 7.74. The molecule has 1 aromatic rings. The summed E-state index contributed by atoms with van der Waals surface area (Å²) < 4.78 is 0. The lowest BCUT2D eigenvalue weighted by Gasteiger charge is -2.44. The van der Waals surface area contributed by atoms with Gasteiger partial charge < -0.3 is 10.2 Å². The van der Waals surface area contributed by atoms with Gasteiger partial charge in [0.15, 0.2) is 0 Å². The summed E-state index contributed by atoms with van der Waals surface area (Å²) in [6.07, 6.45) is 10.9. The summed E-state index contributed by atoms with van der Waals surface area (Å²) >= 11 is 0. The summed E-state index contributed by atoms with van der Waals surface area (Å²) in [6.45, 7) is 0.908. The van der Waals surface area contributed by atoms with E-state index < -0.39 is 0 Å². The van der Waals surface area contributed by atoms with Gasteiger partial charge in [0, 0.05) is 25.8 Å². The molecule has 1 amide bonds. The maximum absolute atomic E-state index is 12.9. The first-order chi connectivity index (χ1) is 9.81. The predicted octanol–water partition coefficient (Wildman–Crippen LogP) is 2.92. The molecule has 0 aromatic carbocycles. The average Bonchev–Trinajstić information content (AvgIpc) is 2.53. The van der Waals surface area contributed by atoms with Crippen molar-refractivity contribution in [3.05, 3.63) is 24.0 Å². The molecule has 0 radical (unpaired) electrons. The number of hydrogen-bond acceptors (Lipinski definition) is 3. The Bertz CT molecular complexity index is 486. The minimum absolute atomic E-state index is 0.174. The van der Waals surface area contributed by atoms with Crippen LogP contribution < -0.4 is 5.32 Å². The fraction of sp³-hybridized carbons (Fsp3) is 0.625. The van der Waals surface area contributed by atoms with Gasteiger partial charge >= 0.3 is 0 Å². The van der Waals surface area contributed by atoms with Crippen LogP contribution in [0.5, 0.6) is 0 Å². The normalized spacial score (nSPS) is 25.9. The number of pyridine rings is 1. The smallest absolute Gasteiger partial charge is 0.256 e. The average molecular weight is 273 g/mol. The topological polar surface area (TPSA) is 45.2 Å². The van der Waals surface area contributed by atoms with E-state index in [2.05, 4.69) is 15.2 Å². The van der Waals surface area contributed by atoms with Gasteiger partial charge in [-0.3, -0.25) is 9.78 Å². The Morgan fingerprint density at radius 2 is 2.10 bits per heavy atom. The lowest BCUT2D eigenvalue weighted by Crippen LogP contribution is -2.49.